The average Bonchev–Trinajstić information content (AvgIpc) is 3.02. The zero-order valence-corrected chi connectivity index (χ0v) is 14.4. The number of hydrogen-bond acceptors (Lipinski definition) is 7. The smallest absolute Gasteiger partial charge is 0.269 e. The van der Waals surface area contributed by atoms with Crippen molar-refractivity contribution >= 4 is 39.6 Å². The first-order valence-corrected chi connectivity index (χ1v) is 8.88. The zero-order valence-electron chi connectivity index (χ0n) is 12.7. The number of rotatable bonds is 6. The molecule has 1 atom stereocenters. The van der Waals surface area contributed by atoms with E-state index in [1.807, 2.05) is 43.3 Å². The maximum absolute atomic E-state index is 10.9. The van der Waals surface area contributed by atoms with Gasteiger partial charge in [-0.05, 0) is 24.6 Å². The number of nitro groups is 1. The topological polar surface area (TPSA) is 81.0 Å². The number of non-ortho nitro benzene ring substituents is 1. The summed E-state index contributed by atoms with van der Waals surface area (Å²) in [6, 6.07) is 16.4. The van der Waals surface area contributed by atoms with Crippen molar-refractivity contribution in [2.75, 3.05) is 5.32 Å². The van der Waals surface area contributed by atoms with Crippen LogP contribution in [0.4, 0.5) is 16.5 Å². The molecule has 1 heterocycles. The summed E-state index contributed by atoms with van der Waals surface area (Å²) in [5.41, 5.74) is 1.95. The molecule has 122 valence electrons. The van der Waals surface area contributed by atoms with Crippen molar-refractivity contribution in [3.05, 3.63) is 70.3 Å². The molecular weight excluding hydrogens is 344 g/mol. The van der Waals surface area contributed by atoms with Crippen LogP contribution in [0.15, 0.2) is 58.9 Å². The predicted molar refractivity (Wildman–Crippen MR) is 97.0 cm³/mol. The fourth-order valence-corrected chi connectivity index (χ4v) is 4.10. The van der Waals surface area contributed by atoms with Crippen LogP contribution in [0.2, 0.25) is 0 Å². The minimum Gasteiger partial charge on any atom is -0.330 e. The highest BCUT2D eigenvalue weighted by Crippen LogP contribution is 2.38. The molecule has 1 unspecified atom stereocenters. The summed E-state index contributed by atoms with van der Waals surface area (Å²) in [7, 11) is 0. The number of thioether (sulfide) groups is 1. The van der Waals surface area contributed by atoms with E-state index in [0.717, 1.165) is 20.7 Å². The minimum absolute atomic E-state index is 0.0439. The predicted octanol–water partition coefficient (Wildman–Crippen LogP) is 5.04. The number of anilines is 2. The first-order chi connectivity index (χ1) is 11.6. The third kappa shape index (κ3) is 4.09. The van der Waals surface area contributed by atoms with Crippen LogP contribution >= 0.6 is 23.1 Å². The number of nitro benzene ring substituents is 1. The number of hydrogen-bond donors (Lipinski definition) is 1. The van der Waals surface area contributed by atoms with Crippen molar-refractivity contribution in [2.45, 2.75) is 16.5 Å². The van der Waals surface area contributed by atoms with E-state index in [-0.39, 0.29) is 15.9 Å². The highest BCUT2D eigenvalue weighted by atomic mass is 32.2. The van der Waals surface area contributed by atoms with Gasteiger partial charge in [-0.1, -0.05) is 53.4 Å². The largest absolute Gasteiger partial charge is 0.330 e. The van der Waals surface area contributed by atoms with Crippen molar-refractivity contribution < 1.29 is 4.92 Å². The van der Waals surface area contributed by atoms with E-state index in [9.17, 15) is 10.1 Å². The van der Waals surface area contributed by atoms with Crippen molar-refractivity contribution in [2.24, 2.45) is 0 Å². The monoisotopic (exact) mass is 358 g/mol. The molecule has 0 radical (unpaired) electrons. The average molecular weight is 358 g/mol. The van der Waals surface area contributed by atoms with Crippen LogP contribution in [0.25, 0.3) is 0 Å². The van der Waals surface area contributed by atoms with Crippen molar-refractivity contribution in [1.82, 2.24) is 10.2 Å². The van der Waals surface area contributed by atoms with Gasteiger partial charge in [-0.3, -0.25) is 10.1 Å². The zero-order chi connectivity index (χ0) is 16.9. The molecule has 1 aromatic heterocycles. The molecule has 0 aliphatic rings. The fraction of sp³-hybridized carbons (Fsp3) is 0.125. The van der Waals surface area contributed by atoms with Gasteiger partial charge in [0.15, 0.2) is 4.34 Å². The third-order valence-corrected chi connectivity index (χ3v) is 5.34. The molecule has 24 heavy (non-hydrogen) atoms. The van der Waals surface area contributed by atoms with E-state index < -0.39 is 0 Å². The second kappa shape index (κ2) is 7.41. The van der Waals surface area contributed by atoms with Gasteiger partial charge < -0.3 is 5.32 Å². The number of aromatic nitrogens is 2. The first kappa shape index (κ1) is 16.4. The minimum atomic E-state index is -0.381. The first-order valence-electron chi connectivity index (χ1n) is 7.18. The summed E-state index contributed by atoms with van der Waals surface area (Å²) in [5.74, 6) is 0. The van der Waals surface area contributed by atoms with Crippen molar-refractivity contribution in [3.63, 3.8) is 0 Å². The molecule has 0 spiro atoms. The molecule has 3 aromatic rings. The van der Waals surface area contributed by atoms with Gasteiger partial charge in [-0.25, -0.2) is 0 Å². The molecule has 2 aromatic carbocycles. The second-order valence-corrected chi connectivity index (χ2v) is 7.54. The van der Waals surface area contributed by atoms with Gasteiger partial charge in [0, 0.05) is 23.1 Å². The van der Waals surface area contributed by atoms with Crippen LogP contribution in [0.5, 0.6) is 0 Å². The molecule has 0 aliphatic heterocycles. The lowest BCUT2D eigenvalue weighted by Gasteiger charge is -2.08. The van der Waals surface area contributed by atoms with E-state index in [0.29, 0.717) is 0 Å². The Morgan fingerprint density at radius 1 is 1.17 bits per heavy atom. The Morgan fingerprint density at radius 3 is 2.71 bits per heavy atom. The van der Waals surface area contributed by atoms with Crippen LogP contribution in [-0.4, -0.2) is 15.1 Å². The quantitative estimate of drug-likeness (QED) is 0.377. The molecular formula is C16H14N4O2S2. The molecule has 6 nitrogen and oxygen atoms in total. The van der Waals surface area contributed by atoms with Crippen LogP contribution < -0.4 is 5.32 Å². The molecule has 0 saturated carbocycles. The van der Waals surface area contributed by atoms with Crippen molar-refractivity contribution in [1.29, 1.82) is 0 Å². The number of para-hydroxylation sites is 1. The summed E-state index contributed by atoms with van der Waals surface area (Å²) in [6.45, 7) is 2.00. The van der Waals surface area contributed by atoms with Gasteiger partial charge in [-0.15, -0.1) is 10.2 Å². The fourth-order valence-electron chi connectivity index (χ4n) is 2.06. The summed E-state index contributed by atoms with van der Waals surface area (Å²) < 4.78 is 0.812. The normalized spacial score (nSPS) is 11.9. The lowest BCUT2D eigenvalue weighted by molar-refractivity contribution is -0.384. The third-order valence-electron chi connectivity index (χ3n) is 3.26. The molecule has 0 amide bonds. The van der Waals surface area contributed by atoms with Crippen LogP contribution in [0.3, 0.4) is 0 Å². The van der Waals surface area contributed by atoms with Gasteiger partial charge in [0.1, 0.15) is 0 Å². The Kier molecular flexibility index (Phi) is 5.07. The van der Waals surface area contributed by atoms with Gasteiger partial charge in [-0.2, -0.15) is 0 Å². The van der Waals surface area contributed by atoms with Gasteiger partial charge >= 0.3 is 0 Å². The van der Waals surface area contributed by atoms with E-state index in [4.69, 9.17) is 0 Å². The summed E-state index contributed by atoms with van der Waals surface area (Å²) >= 11 is 2.99. The Hall–Kier alpha value is -2.45. The highest BCUT2D eigenvalue weighted by Gasteiger charge is 2.14. The highest BCUT2D eigenvalue weighted by molar-refractivity contribution is 8.01. The van der Waals surface area contributed by atoms with Crippen LogP contribution in [0.1, 0.15) is 17.7 Å². The Morgan fingerprint density at radius 2 is 1.96 bits per heavy atom. The standard InChI is InChI=1S/C16H14N4O2S2/c1-11(12-6-5-9-14(10-12)20(21)22)23-16-19-18-15(24-16)17-13-7-3-2-4-8-13/h2-11H,1H3,(H,17,18). The van der Waals surface area contributed by atoms with E-state index in [1.165, 1.54) is 29.2 Å². The SMILES string of the molecule is CC(Sc1nnc(Nc2ccccc2)s1)c1cccc([N+](=O)[O-])c1. The maximum atomic E-state index is 10.9. The lowest BCUT2D eigenvalue weighted by atomic mass is 10.1. The van der Waals surface area contributed by atoms with Gasteiger partial charge in [0.2, 0.25) is 5.13 Å². The molecule has 3 rings (SSSR count). The Labute approximate surface area is 147 Å². The van der Waals surface area contributed by atoms with E-state index >= 15 is 0 Å². The molecule has 0 fully saturated rings. The molecule has 0 bridgehead atoms. The molecule has 8 heteroatoms. The molecule has 0 saturated heterocycles. The molecule has 0 aliphatic carbocycles. The van der Waals surface area contributed by atoms with E-state index in [2.05, 4.69) is 15.5 Å². The Balaban J connectivity index is 1.68. The van der Waals surface area contributed by atoms with Crippen LogP contribution in [0, 0.1) is 10.1 Å². The van der Waals surface area contributed by atoms with Gasteiger partial charge in [0.05, 0.1) is 4.92 Å². The summed E-state index contributed by atoms with van der Waals surface area (Å²) in [4.78, 5) is 10.5. The maximum Gasteiger partial charge on any atom is 0.269 e. The number of benzene rings is 2. The van der Waals surface area contributed by atoms with E-state index in [1.54, 1.807) is 12.1 Å². The summed E-state index contributed by atoms with van der Waals surface area (Å²) in [6.07, 6.45) is 0. The Bertz CT molecular complexity index is 839. The molecule has 1 N–H and O–H groups in total. The number of nitrogens with zero attached hydrogens (tertiary/aromatic N) is 3. The van der Waals surface area contributed by atoms with Crippen LogP contribution in [-0.2, 0) is 0 Å². The lowest BCUT2D eigenvalue weighted by Crippen LogP contribution is -1.92. The van der Waals surface area contributed by atoms with Gasteiger partial charge in [0.25, 0.3) is 5.69 Å². The summed E-state index contributed by atoms with van der Waals surface area (Å²) in [5, 5.41) is 23.1. The number of nitrogens with one attached hydrogen (secondary N) is 1. The van der Waals surface area contributed by atoms with Crippen molar-refractivity contribution in [3.8, 4) is 0 Å². The second-order valence-electron chi connectivity index (χ2n) is 4.98.